The molecule has 8 aromatic rings. The van der Waals surface area contributed by atoms with Crippen molar-refractivity contribution in [1.29, 1.82) is 0 Å². The van der Waals surface area contributed by atoms with Crippen LogP contribution in [0.4, 0.5) is 0 Å². The summed E-state index contributed by atoms with van der Waals surface area (Å²) < 4.78 is 3.21. The number of hydrogen-bond donors (Lipinski definition) is 0. The van der Waals surface area contributed by atoms with Gasteiger partial charge in [0.25, 0.3) is 0 Å². The number of benzene rings is 5. The highest BCUT2D eigenvalue weighted by Gasteiger charge is 2.18. The zero-order valence-electron chi connectivity index (χ0n) is 21.3. The van der Waals surface area contributed by atoms with Crippen LogP contribution in [0.3, 0.4) is 0 Å². The molecule has 0 fully saturated rings. The van der Waals surface area contributed by atoms with E-state index in [-0.39, 0.29) is 0 Å². The zero-order chi connectivity index (χ0) is 26.5. The number of aromatic nitrogens is 5. The van der Waals surface area contributed by atoms with Gasteiger partial charge in [0.1, 0.15) is 0 Å². The first kappa shape index (κ1) is 22.8. The molecule has 188 valence electrons. The Labute approximate surface area is 234 Å². The van der Waals surface area contributed by atoms with E-state index >= 15 is 0 Å². The third-order valence-electron chi connectivity index (χ3n) is 7.25. The average Bonchev–Trinajstić information content (AvgIpc) is 3.64. The standard InChI is InChI=1S/C34H21N5S/c1-2-9-22(10-3-1)23-17-19-24(20-18-23)32-36-33(27-13-8-14-28-31(27)40-21-35-28)38-34(37-32)39-29-15-6-4-11-25(29)26-12-5-7-16-30(26)39/h1-21H. The van der Waals surface area contributed by atoms with Gasteiger partial charge in [-0.3, -0.25) is 4.57 Å². The summed E-state index contributed by atoms with van der Waals surface area (Å²) in [6, 6.07) is 41.7. The molecule has 6 heteroatoms. The maximum atomic E-state index is 5.09. The smallest absolute Gasteiger partial charge is 0.238 e. The first-order valence-corrected chi connectivity index (χ1v) is 13.9. The Kier molecular flexibility index (Phi) is 5.24. The Morgan fingerprint density at radius 1 is 0.500 bits per heavy atom. The topological polar surface area (TPSA) is 56.5 Å². The first-order valence-electron chi connectivity index (χ1n) is 13.1. The van der Waals surface area contributed by atoms with E-state index in [4.69, 9.17) is 15.0 Å². The Hall–Kier alpha value is -5.20. The van der Waals surface area contributed by atoms with Gasteiger partial charge in [-0.2, -0.15) is 9.97 Å². The number of hydrogen-bond acceptors (Lipinski definition) is 5. The van der Waals surface area contributed by atoms with Gasteiger partial charge >= 0.3 is 0 Å². The van der Waals surface area contributed by atoms with Crippen molar-refractivity contribution in [2.75, 3.05) is 0 Å². The lowest BCUT2D eigenvalue weighted by atomic mass is 10.0. The van der Waals surface area contributed by atoms with E-state index in [9.17, 15) is 0 Å². The number of para-hydroxylation sites is 2. The van der Waals surface area contributed by atoms with Crippen molar-refractivity contribution in [2.24, 2.45) is 0 Å². The molecule has 3 aromatic heterocycles. The molecule has 0 saturated heterocycles. The summed E-state index contributed by atoms with van der Waals surface area (Å²) in [4.78, 5) is 19.7. The van der Waals surface area contributed by atoms with Crippen LogP contribution in [-0.2, 0) is 0 Å². The van der Waals surface area contributed by atoms with Gasteiger partial charge < -0.3 is 0 Å². The SMILES string of the molecule is c1ccc(-c2ccc(-c3nc(-c4cccc5ncsc45)nc(-n4c5ccccc5c5ccccc54)n3)cc2)cc1. The largest absolute Gasteiger partial charge is 0.278 e. The van der Waals surface area contributed by atoms with E-state index in [1.807, 2.05) is 23.7 Å². The van der Waals surface area contributed by atoms with Gasteiger partial charge in [0, 0.05) is 21.9 Å². The average molecular weight is 532 g/mol. The maximum Gasteiger partial charge on any atom is 0.238 e. The Morgan fingerprint density at radius 2 is 1.12 bits per heavy atom. The van der Waals surface area contributed by atoms with Gasteiger partial charge in [0.2, 0.25) is 5.95 Å². The molecule has 0 saturated carbocycles. The van der Waals surface area contributed by atoms with E-state index in [2.05, 4.69) is 113 Å². The van der Waals surface area contributed by atoms with Crippen LogP contribution in [0.15, 0.2) is 127 Å². The normalized spacial score (nSPS) is 11.5. The Bertz CT molecular complexity index is 2110. The minimum absolute atomic E-state index is 0.589. The molecule has 0 aliphatic heterocycles. The van der Waals surface area contributed by atoms with Crippen LogP contribution in [0.2, 0.25) is 0 Å². The van der Waals surface area contributed by atoms with Gasteiger partial charge in [-0.25, -0.2) is 9.97 Å². The minimum Gasteiger partial charge on any atom is -0.278 e. The summed E-state index contributed by atoms with van der Waals surface area (Å²) >= 11 is 1.60. The maximum absolute atomic E-state index is 5.09. The van der Waals surface area contributed by atoms with Crippen molar-refractivity contribution in [1.82, 2.24) is 24.5 Å². The molecule has 0 aliphatic carbocycles. The molecule has 5 nitrogen and oxygen atoms in total. The Balaban J connectivity index is 1.38. The second kappa shape index (κ2) is 9.22. The van der Waals surface area contributed by atoms with Gasteiger partial charge in [0.15, 0.2) is 11.6 Å². The van der Waals surface area contributed by atoms with Crippen LogP contribution in [0, 0.1) is 0 Å². The molecule has 8 rings (SSSR count). The number of thiazole rings is 1. The fraction of sp³-hybridized carbons (Fsp3) is 0. The summed E-state index contributed by atoms with van der Waals surface area (Å²) in [5.41, 5.74) is 9.13. The molecule has 3 heterocycles. The van der Waals surface area contributed by atoms with E-state index in [0.717, 1.165) is 37.9 Å². The predicted molar refractivity (Wildman–Crippen MR) is 164 cm³/mol. The molecular weight excluding hydrogens is 510 g/mol. The van der Waals surface area contributed by atoms with Crippen LogP contribution in [0.1, 0.15) is 0 Å². The van der Waals surface area contributed by atoms with Gasteiger partial charge in [-0.05, 0) is 35.4 Å². The van der Waals surface area contributed by atoms with Crippen LogP contribution < -0.4 is 0 Å². The number of rotatable bonds is 4. The number of fused-ring (bicyclic) bond motifs is 4. The van der Waals surface area contributed by atoms with Crippen molar-refractivity contribution in [2.45, 2.75) is 0 Å². The monoisotopic (exact) mass is 531 g/mol. The molecule has 0 unspecified atom stereocenters. The fourth-order valence-electron chi connectivity index (χ4n) is 5.36. The highest BCUT2D eigenvalue weighted by molar-refractivity contribution is 7.17. The first-order chi connectivity index (χ1) is 19.8. The zero-order valence-corrected chi connectivity index (χ0v) is 22.1. The van der Waals surface area contributed by atoms with E-state index in [1.165, 1.54) is 16.3 Å². The van der Waals surface area contributed by atoms with Crippen molar-refractivity contribution in [3.63, 3.8) is 0 Å². The molecular formula is C34H21N5S. The summed E-state index contributed by atoms with van der Waals surface area (Å²) in [6.07, 6.45) is 0. The van der Waals surface area contributed by atoms with E-state index < -0.39 is 0 Å². The molecule has 0 atom stereocenters. The van der Waals surface area contributed by atoms with Gasteiger partial charge in [0.05, 0.1) is 26.8 Å². The lowest BCUT2D eigenvalue weighted by Gasteiger charge is -2.11. The lowest BCUT2D eigenvalue weighted by molar-refractivity contribution is 0.954. The third-order valence-corrected chi connectivity index (χ3v) is 8.13. The molecule has 40 heavy (non-hydrogen) atoms. The second-order valence-corrected chi connectivity index (χ2v) is 10.5. The van der Waals surface area contributed by atoms with Crippen LogP contribution in [0.5, 0.6) is 0 Å². The highest BCUT2D eigenvalue weighted by Crippen LogP contribution is 2.34. The highest BCUT2D eigenvalue weighted by atomic mass is 32.1. The van der Waals surface area contributed by atoms with Crippen LogP contribution >= 0.6 is 11.3 Å². The van der Waals surface area contributed by atoms with E-state index in [1.54, 1.807) is 11.3 Å². The fourth-order valence-corrected chi connectivity index (χ4v) is 6.16. The lowest BCUT2D eigenvalue weighted by Crippen LogP contribution is -2.06. The molecule has 0 radical (unpaired) electrons. The summed E-state index contributed by atoms with van der Waals surface area (Å²) in [5.74, 6) is 1.85. The molecule has 0 aliphatic rings. The molecule has 0 spiro atoms. The summed E-state index contributed by atoms with van der Waals surface area (Å²) in [5, 5.41) is 2.33. The van der Waals surface area contributed by atoms with Crippen molar-refractivity contribution in [3.8, 4) is 39.9 Å². The number of nitrogens with zero attached hydrogens (tertiary/aromatic N) is 5. The van der Waals surface area contributed by atoms with Gasteiger partial charge in [-0.1, -0.05) is 97.1 Å². The van der Waals surface area contributed by atoms with Gasteiger partial charge in [-0.15, -0.1) is 11.3 Å². The minimum atomic E-state index is 0.589. The van der Waals surface area contributed by atoms with Crippen molar-refractivity contribution in [3.05, 3.63) is 127 Å². The third kappa shape index (κ3) is 3.69. The summed E-state index contributed by atoms with van der Waals surface area (Å²) in [7, 11) is 0. The molecule has 5 aromatic carbocycles. The molecule has 0 bridgehead atoms. The second-order valence-electron chi connectivity index (χ2n) is 9.60. The quantitative estimate of drug-likeness (QED) is 0.228. The van der Waals surface area contributed by atoms with Crippen molar-refractivity contribution < 1.29 is 0 Å². The van der Waals surface area contributed by atoms with Crippen molar-refractivity contribution >= 4 is 43.4 Å². The van der Waals surface area contributed by atoms with Crippen LogP contribution in [-0.4, -0.2) is 24.5 Å². The Morgan fingerprint density at radius 3 is 1.88 bits per heavy atom. The van der Waals surface area contributed by atoms with Crippen LogP contribution in [0.25, 0.3) is 71.9 Å². The van der Waals surface area contributed by atoms with E-state index in [0.29, 0.717) is 17.6 Å². The summed E-state index contributed by atoms with van der Waals surface area (Å²) in [6.45, 7) is 0. The molecule has 0 amide bonds. The molecule has 0 N–H and O–H groups in total. The predicted octanol–water partition coefficient (Wildman–Crippen LogP) is 8.58.